The Bertz CT molecular complexity index is 485. The number of rotatable bonds is 2. The Kier molecular flexibility index (Phi) is 4.08. The summed E-state index contributed by atoms with van der Waals surface area (Å²) >= 11 is 1.93. The van der Waals surface area contributed by atoms with Crippen molar-refractivity contribution in [1.29, 1.82) is 0 Å². The minimum absolute atomic E-state index is 0.130. The maximum atomic E-state index is 12.4. The molecule has 6 heteroatoms. The summed E-state index contributed by atoms with van der Waals surface area (Å²) < 4.78 is 1.71. The second kappa shape index (κ2) is 5.45. The molecule has 0 bridgehead atoms. The summed E-state index contributed by atoms with van der Waals surface area (Å²) in [5.74, 6) is 1.14. The number of carbonyl (C=O) groups is 1. The summed E-state index contributed by atoms with van der Waals surface area (Å²) in [6.45, 7) is 9.17. The van der Waals surface area contributed by atoms with Crippen LogP contribution in [0.25, 0.3) is 0 Å². The van der Waals surface area contributed by atoms with Crippen molar-refractivity contribution in [1.82, 2.24) is 14.7 Å². The molecule has 2 heterocycles. The van der Waals surface area contributed by atoms with Crippen LogP contribution in [0.1, 0.15) is 25.2 Å². The third-order valence-electron chi connectivity index (χ3n) is 3.93. The zero-order chi connectivity index (χ0) is 14.2. The molecule has 2 rings (SSSR count). The van der Waals surface area contributed by atoms with Gasteiger partial charge in [-0.15, -0.1) is 0 Å². The molecule has 1 aromatic rings. The highest BCUT2D eigenvalue weighted by Gasteiger charge is 2.29. The van der Waals surface area contributed by atoms with Crippen molar-refractivity contribution in [2.45, 2.75) is 45.5 Å². The van der Waals surface area contributed by atoms with E-state index in [1.807, 2.05) is 30.5 Å². The molecule has 1 amide bonds. The van der Waals surface area contributed by atoms with Crippen LogP contribution in [0.2, 0.25) is 0 Å². The predicted molar refractivity (Wildman–Crippen MR) is 79.2 cm³/mol. The molecule has 1 aliphatic rings. The van der Waals surface area contributed by atoms with Crippen LogP contribution in [0.5, 0.6) is 0 Å². The van der Waals surface area contributed by atoms with Gasteiger partial charge in [-0.25, -0.2) is 0 Å². The van der Waals surface area contributed by atoms with Gasteiger partial charge in [-0.1, -0.05) is 6.92 Å². The average Bonchev–Trinajstić information content (AvgIpc) is 2.60. The van der Waals surface area contributed by atoms with Gasteiger partial charge in [0.05, 0.1) is 17.1 Å². The number of anilines is 1. The maximum absolute atomic E-state index is 12.4. The average molecular weight is 282 g/mol. The zero-order valence-corrected chi connectivity index (χ0v) is 12.8. The molecule has 0 spiro atoms. The first-order chi connectivity index (χ1) is 8.91. The Morgan fingerprint density at radius 1 is 1.47 bits per heavy atom. The van der Waals surface area contributed by atoms with Gasteiger partial charge in [0.25, 0.3) is 0 Å². The van der Waals surface area contributed by atoms with Gasteiger partial charge in [-0.2, -0.15) is 16.9 Å². The molecule has 0 aromatic carbocycles. The molecule has 1 aromatic heterocycles. The van der Waals surface area contributed by atoms with Crippen LogP contribution in [0.4, 0.5) is 5.69 Å². The van der Waals surface area contributed by atoms with Crippen molar-refractivity contribution >= 4 is 23.4 Å². The SMILES string of the molecule is Cc1nn(CC(=O)N2CCSC(C)C2C)c(C)c1N. The van der Waals surface area contributed by atoms with E-state index in [9.17, 15) is 4.79 Å². The fraction of sp³-hybridized carbons (Fsp3) is 0.692. The lowest BCUT2D eigenvalue weighted by Gasteiger charge is -2.37. The summed E-state index contributed by atoms with van der Waals surface area (Å²) in [6, 6.07) is 0.278. The van der Waals surface area contributed by atoms with Crippen LogP contribution in [0, 0.1) is 13.8 Å². The van der Waals surface area contributed by atoms with Crippen molar-refractivity contribution in [3.8, 4) is 0 Å². The van der Waals surface area contributed by atoms with E-state index >= 15 is 0 Å². The standard InChI is InChI=1S/C13H22N4OS/c1-8-13(14)10(3)17(15-8)7-12(18)16-5-6-19-11(4)9(16)2/h9,11H,5-7,14H2,1-4H3. The number of nitrogens with zero attached hydrogens (tertiary/aromatic N) is 3. The number of nitrogens with two attached hydrogens (primary N) is 1. The Balaban J connectivity index is 2.10. The van der Waals surface area contributed by atoms with Crippen molar-refractivity contribution in [3.63, 3.8) is 0 Å². The Morgan fingerprint density at radius 2 is 2.16 bits per heavy atom. The van der Waals surface area contributed by atoms with Crippen molar-refractivity contribution in [3.05, 3.63) is 11.4 Å². The summed E-state index contributed by atoms with van der Waals surface area (Å²) in [6.07, 6.45) is 0. The normalized spacial score (nSPS) is 23.7. The third-order valence-corrected chi connectivity index (χ3v) is 5.26. The number of amides is 1. The highest BCUT2D eigenvalue weighted by molar-refractivity contribution is 8.00. The number of nitrogen functional groups attached to an aromatic ring is 1. The maximum Gasteiger partial charge on any atom is 0.244 e. The topological polar surface area (TPSA) is 64.2 Å². The van der Waals surface area contributed by atoms with E-state index in [2.05, 4.69) is 18.9 Å². The Labute approximate surface area is 118 Å². The minimum atomic E-state index is 0.130. The van der Waals surface area contributed by atoms with Crippen molar-refractivity contribution in [2.24, 2.45) is 0 Å². The molecule has 1 fully saturated rings. The lowest BCUT2D eigenvalue weighted by Crippen LogP contribution is -2.49. The first-order valence-corrected chi connectivity index (χ1v) is 7.67. The number of hydrogen-bond donors (Lipinski definition) is 1. The van der Waals surface area contributed by atoms with Crippen LogP contribution in [-0.2, 0) is 11.3 Å². The van der Waals surface area contributed by atoms with Gasteiger partial charge in [0, 0.05) is 23.6 Å². The number of thioether (sulfide) groups is 1. The number of hydrogen-bond acceptors (Lipinski definition) is 4. The Morgan fingerprint density at radius 3 is 2.74 bits per heavy atom. The molecule has 0 radical (unpaired) electrons. The van der Waals surface area contributed by atoms with Gasteiger partial charge in [0.15, 0.2) is 0 Å². The molecule has 1 saturated heterocycles. The van der Waals surface area contributed by atoms with Gasteiger partial charge in [-0.05, 0) is 20.8 Å². The van der Waals surface area contributed by atoms with Crippen LogP contribution >= 0.6 is 11.8 Å². The lowest BCUT2D eigenvalue weighted by atomic mass is 10.2. The van der Waals surface area contributed by atoms with Gasteiger partial charge in [-0.3, -0.25) is 9.48 Å². The van der Waals surface area contributed by atoms with Gasteiger partial charge in [0.2, 0.25) is 5.91 Å². The zero-order valence-electron chi connectivity index (χ0n) is 12.0. The first kappa shape index (κ1) is 14.2. The summed E-state index contributed by atoms with van der Waals surface area (Å²) in [5, 5.41) is 4.82. The number of aryl methyl sites for hydroxylation is 1. The summed E-state index contributed by atoms with van der Waals surface area (Å²) in [7, 11) is 0. The van der Waals surface area contributed by atoms with Crippen molar-refractivity contribution in [2.75, 3.05) is 18.0 Å². The van der Waals surface area contributed by atoms with E-state index < -0.39 is 0 Å². The fourth-order valence-corrected chi connectivity index (χ4v) is 3.47. The van der Waals surface area contributed by atoms with Crippen LogP contribution < -0.4 is 5.73 Å². The van der Waals surface area contributed by atoms with Crippen molar-refractivity contribution < 1.29 is 4.79 Å². The van der Waals surface area contributed by atoms with Crippen LogP contribution in [-0.4, -0.2) is 44.2 Å². The minimum Gasteiger partial charge on any atom is -0.396 e. The molecule has 0 saturated carbocycles. The van der Waals surface area contributed by atoms with Gasteiger partial charge in [0.1, 0.15) is 6.54 Å². The molecule has 1 aliphatic heterocycles. The molecule has 106 valence electrons. The van der Waals surface area contributed by atoms with Gasteiger partial charge >= 0.3 is 0 Å². The lowest BCUT2D eigenvalue weighted by molar-refractivity contribution is -0.134. The molecule has 19 heavy (non-hydrogen) atoms. The predicted octanol–water partition coefficient (Wildman–Crippen LogP) is 1.43. The first-order valence-electron chi connectivity index (χ1n) is 6.62. The Hall–Kier alpha value is -1.17. The van der Waals surface area contributed by atoms with E-state index in [-0.39, 0.29) is 18.5 Å². The molecule has 5 nitrogen and oxygen atoms in total. The molecular formula is C13H22N4OS. The molecule has 2 N–H and O–H groups in total. The quantitative estimate of drug-likeness (QED) is 0.891. The number of carbonyl (C=O) groups excluding carboxylic acids is 1. The third kappa shape index (κ3) is 2.73. The van der Waals surface area contributed by atoms with E-state index in [1.54, 1.807) is 4.68 Å². The molecular weight excluding hydrogens is 260 g/mol. The highest BCUT2D eigenvalue weighted by atomic mass is 32.2. The van der Waals surface area contributed by atoms with E-state index in [1.165, 1.54) is 0 Å². The van der Waals surface area contributed by atoms with E-state index in [0.717, 1.165) is 23.7 Å². The monoisotopic (exact) mass is 282 g/mol. The summed E-state index contributed by atoms with van der Waals surface area (Å²) in [4.78, 5) is 14.4. The van der Waals surface area contributed by atoms with Crippen LogP contribution in [0.15, 0.2) is 0 Å². The smallest absolute Gasteiger partial charge is 0.244 e. The largest absolute Gasteiger partial charge is 0.396 e. The number of aromatic nitrogens is 2. The van der Waals surface area contributed by atoms with Gasteiger partial charge < -0.3 is 10.6 Å². The molecule has 0 aliphatic carbocycles. The van der Waals surface area contributed by atoms with E-state index in [4.69, 9.17) is 5.73 Å². The molecule has 2 unspecified atom stereocenters. The highest BCUT2D eigenvalue weighted by Crippen LogP contribution is 2.24. The second-order valence-electron chi connectivity index (χ2n) is 5.15. The fourth-order valence-electron chi connectivity index (χ4n) is 2.37. The summed E-state index contributed by atoms with van der Waals surface area (Å²) in [5.41, 5.74) is 8.24. The van der Waals surface area contributed by atoms with E-state index in [0.29, 0.717) is 10.9 Å². The second-order valence-corrected chi connectivity index (χ2v) is 6.63. The van der Waals surface area contributed by atoms with Crippen LogP contribution in [0.3, 0.4) is 0 Å². The molecule has 2 atom stereocenters.